The SMILES string of the molecule is Cc1ccc(C(C)C)cc1OC(C)C(=O)NC(C)(C)CN. The lowest BCUT2D eigenvalue weighted by molar-refractivity contribution is -0.128. The second-order valence-electron chi connectivity index (χ2n) is 6.52. The highest BCUT2D eigenvalue weighted by Gasteiger charge is 2.23. The summed E-state index contributed by atoms with van der Waals surface area (Å²) in [4.78, 5) is 12.2. The number of carbonyl (C=O) groups excluding carboxylic acids is 1. The molecular weight excluding hydrogens is 264 g/mol. The van der Waals surface area contributed by atoms with Crippen LogP contribution in [0.5, 0.6) is 5.75 Å². The second-order valence-corrected chi connectivity index (χ2v) is 6.52. The number of nitrogens with one attached hydrogen (secondary N) is 1. The number of nitrogens with two attached hydrogens (primary N) is 1. The van der Waals surface area contributed by atoms with E-state index < -0.39 is 11.6 Å². The minimum absolute atomic E-state index is 0.153. The summed E-state index contributed by atoms with van der Waals surface area (Å²) in [5.74, 6) is 1.03. The first-order valence-electron chi connectivity index (χ1n) is 7.45. The number of aryl methyl sites for hydroxylation is 1. The predicted octanol–water partition coefficient (Wildman–Crippen LogP) is 2.74. The molecule has 0 saturated heterocycles. The molecule has 1 aromatic carbocycles. The van der Waals surface area contributed by atoms with E-state index >= 15 is 0 Å². The van der Waals surface area contributed by atoms with Gasteiger partial charge in [-0.25, -0.2) is 0 Å². The standard InChI is InChI=1S/C17H28N2O2/c1-11(2)14-8-7-12(3)15(9-14)21-13(4)16(20)19-17(5,6)10-18/h7-9,11,13H,10,18H2,1-6H3,(H,19,20). The summed E-state index contributed by atoms with van der Waals surface area (Å²) in [5.41, 5.74) is 7.43. The highest BCUT2D eigenvalue weighted by atomic mass is 16.5. The molecule has 1 rings (SSSR count). The zero-order valence-corrected chi connectivity index (χ0v) is 14.0. The fourth-order valence-corrected chi connectivity index (χ4v) is 1.83. The molecule has 0 spiro atoms. The van der Waals surface area contributed by atoms with Gasteiger partial charge in [-0.2, -0.15) is 0 Å². The van der Waals surface area contributed by atoms with Crippen LogP contribution in [-0.2, 0) is 4.79 Å². The Labute approximate surface area is 128 Å². The summed E-state index contributed by atoms with van der Waals surface area (Å²) >= 11 is 0. The van der Waals surface area contributed by atoms with Gasteiger partial charge >= 0.3 is 0 Å². The van der Waals surface area contributed by atoms with Crippen LogP contribution < -0.4 is 15.8 Å². The summed E-state index contributed by atoms with van der Waals surface area (Å²) in [6, 6.07) is 6.13. The zero-order chi connectivity index (χ0) is 16.2. The van der Waals surface area contributed by atoms with E-state index in [1.54, 1.807) is 6.92 Å². The van der Waals surface area contributed by atoms with Crippen LogP contribution in [0.25, 0.3) is 0 Å². The van der Waals surface area contributed by atoms with E-state index in [4.69, 9.17) is 10.5 Å². The number of ether oxygens (including phenoxy) is 1. The molecule has 4 nitrogen and oxygen atoms in total. The molecule has 118 valence electrons. The molecule has 0 heterocycles. The number of hydrogen-bond donors (Lipinski definition) is 2. The lowest BCUT2D eigenvalue weighted by atomic mass is 10.0. The third-order valence-electron chi connectivity index (χ3n) is 3.52. The van der Waals surface area contributed by atoms with Crippen LogP contribution in [0.2, 0.25) is 0 Å². The van der Waals surface area contributed by atoms with Gasteiger partial charge in [0.1, 0.15) is 5.75 Å². The van der Waals surface area contributed by atoms with E-state index in [9.17, 15) is 4.79 Å². The summed E-state index contributed by atoms with van der Waals surface area (Å²) in [6.45, 7) is 12.2. The number of rotatable bonds is 6. The van der Waals surface area contributed by atoms with Crippen molar-refractivity contribution >= 4 is 5.91 Å². The maximum atomic E-state index is 12.2. The van der Waals surface area contributed by atoms with Gasteiger partial charge in [0.05, 0.1) is 0 Å². The molecular formula is C17H28N2O2. The minimum atomic E-state index is -0.558. The molecule has 1 amide bonds. The lowest BCUT2D eigenvalue weighted by Gasteiger charge is -2.26. The normalized spacial score (nSPS) is 13.1. The highest BCUT2D eigenvalue weighted by Crippen LogP contribution is 2.25. The quantitative estimate of drug-likeness (QED) is 0.847. The Morgan fingerprint density at radius 3 is 2.48 bits per heavy atom. The van der Waals surface area contributed by atoms with Gasteiger partial charge in [-0.1, -0.05) is 26.0 Å². The third kappa shape index (κ3) is 5.05. The molecule has 1 aromatic rings. The maximum Gasteiger partial charge on any atom is 0.261 e. The van der Waals surface area contributed by atoms with Gasteiger partial charge in [-0.05, 0) is 50.8 Å². The van der Waals surface area contributed by atoms with E-state index in [0.29, 0.717) is 12.5 Å². The average molecular weight is 292 g/mol. The number of amides is 1. The molecule has 0 aliphatic heterocycles. The molecule has 0 saturated carbocycles. The molecule has 4 heteroatoms. The van der Waals surface area contributed by atoms with Crippen LogP contribution in [-0.4, -0.2) is 24.1 Å². The number of benzene rings is 1. The molecule has 0 aliphatic carbocycles. The first kappa shape index (κ1) is 17.5. The van der Waals surface area contributed by atoms with Gasteiger partial charge in [0.15, 0.2) is 6.10 Å². The largest absolute Gasteiger partial charge is 0.481 e. The summed E-state index contributed by atoms with van der Waals surface area (Å²) in [5, 5.41) is 2.89. The van der Waals surface area contributed by atoms with E-state index in [1.807, 2.05) is 32.9 Å². The van der Waals surface area contributed by atoms with Crippen LogP contribution in [0.15, 0.2) is 18.2 Å². The van der Waals surface area contributed by atoms with E-state index in [1.165, 1.54) is 5.56 Å². The molecule has 0 radical (unpaired) electrons. The van der Waals surface area contributed by atoms with Crippen LogP contribution in [0.3, 0.4) is 0 Å². The minimum Gasteiger partial charge on any atom is -0.481 e. The smallest absolute Gasteiger partial charge is 0.261 e. The van der Waals surface area contributed by atoms with Gasteiger partial charge in [0, 0.05) is 12.1 Å². The molecule has 0 aromatic heterocycles. The Morgan fingerprint density at radius 2 is 1.95 bits per heavy atom. The first-order valence-corrected chi connectivity index (χ1v) is 7.45. The van der Waals surface area contributed by atoms with Crippen molar-refractivity contribution in [2.45, 2.75) is 59.1 Å². The Morgan fingerprint density at radius 1 is 1.33 bits per heavy atom. The van der Waals surface area contributed by atoms with Crippen LogP contribution in [0, 0.1) is 6.92 Å². The molecule has 0 bridgehead atoms. The number of carbonyl (C=O) groups is 1. The fraction of sp³-hybridized carbons (Fsp3) is 0.588. The average Bonchev–Trinajstić information content (AvgIpc) is 2.40. The second kappa shape index (κ2) is 6.94. The van der Waals surface area contributed by atoms with E-state index in [0.717, 1.165) is 11.3 Å². The molecule has 21 heavy (non-hydrogen) atoms. The molecule has 1 atom stereocenters. The predicted molar refractivity (Wildman–Crippen MR) is 86.6 cm³/mol. The van der Waals surface area contributed by atoms with Crippen molar-refractivity contribution in [2.24, 2.45) is 5.73 Å². The molecule has 1 unspecified atom stereocenters. The van der Waals surface area contributed by atoms with E-state index in [-0.39, 0.29) is 5.91 Å². The highest BCUT2D eigenvalue weighted by molar-refractivity contribution is 5.81. The van der Waals surface area contributed by atoms with Crippen LogP contribution in [0.1, 0.15) is 51.7 Å². The first-order chi connectivity index (χ1) is 9.66. The Balaban J connectivity index is 2.81. The third-order valence-corrected chi connectivity index (χ3v) is 3.52. The van der Waals surface area contributed by atoms with Gasteiger partial charge in [-0.15, -0.1) is 0 Å². The molecule has 3 N–H and O–H groups in total. The van der Waals surface area contributed by atoms with Crippen molar-refractivity contribution in [3.8, 4) is 5.75 Å². The summed E-state index contributed by atoms with van der Waals surface area (Å²) in [7, 11) is 0. The lowest BCUT2D eigenvalue weighted by Crippen LogP contribution is -2.52. The topological polar surface area (TPSA) is 64.3 Å². The monoisotopic (exact) mass is 292 g/mol. The van der Waals surface area contributed by atoms with Crippen molar-refractivity contribution in [3.05, 3.63) is 29.3 Å². The summed E-state index contributed by atoms with van der Waals surface area (Å²) in [6.07, 6.45) is -0.558. The molecule has 0 aliphatic rings. The van der Waals surface area contributed by atoms with Gasteiger partial charge in [-0.3, -0.25) is 4.79 Å². The Bertz CT molecular complexity index is 496. The molecule has 0 fully saturated rings. The Kier molecular flexibility index (Phi) is 5.78. The van der Waals surface area contributed by atoms with Crippen LogP contribution >= 0.6 is 0 Å². The number of hydrogen-bond acceptors (Lipinski definition) is 3. The fourth-order valence-electron chi connectivity index (χ4n) is 1.83. The Hall–Kier alpha value is -1.55. The van der Waals surface area contributed by atoms with Crippen LogP contribution in [0.4, 0.5) is 0 Å². The zero-order valence-electron chi connectivity index (χ0n) is 14.0. The van der Waals surface area contributed by atoms with Crippen molar-refractivity contribution in [1.29, 1.82) is 0 Å². The van der Waals surface area contributed by atoms with E-state index in [2.05, 4.69) is 25.2 Å². The van der Waals surface area contributed by atoms with Crippen molar-refractivity contribution in [1.82, 2.24) is 5.32 Å². The van der Waals surface area contributed by atoms with Crippen molar-refractivity contribution < 1.29 is 9.53 Å². The van der Waals surface area contributed by atoms with Crippen molar-refractivity contribution in [3.63, 3.8) is 0 Å². The summed E-state index contributed by atoms with van der Waals surface area (Å²) < 4.78 is 5.84. The van der Waals surface area contributed by atoms with Crippen molar-refractivity contribution in [2.75, 3.05) is 6.54 Å². The van der Waals surface area contributed by atoms with Gasteiger partial charge in [0.2, 0.25) is 0 Å². The maximum absolute atomic E-state index is 12.2. The van der Waals surface area contributed by atoms with Gasteiger partial charge in [0.25, 0.3) is 5.91 Å². The van der Waals surface area contributed by atoms with Gasteiger partial charge < -0.3 is 15.8 Å².